The largest absolute Gasteiger partial charge is 0.380 e. The molecule has 0 heterocycles. The summed E-state index contributed by atoms with van der Waals surface area (Å²) in [4.78, 5) is 11.9. The van der Waals surface area contributed by atoms with E-state index >= 15 is 0 Å². The number of rotatable bonds is 6. The van der Waals surface area contributed by atoms with Gasteiger partial charge in [0.1, 0.15) is 0 Å². The molecule has 2 N–H and O–H groups in total. The first-order valence-electron chi connectivity index (χ1n) is 5.71. The Morgan fingerprint density at radius 3 is 2.76 bits per heavy atom. The molecule has 0 radical (unpaired) electrons. The Hall–Kier alpha value is -1.39. The van der Waals surface area contributed by atoms with Gasteiger partial charge in [0.15, 0.2) is 0 Å². The number of carbonyl (C=O) groups is 1. The topological polar surface area (TPSA) is 50.4 Å². The molecule has 1 aromatic rings. The third-order valence-corrected chi connectivity index (χ3v) is 2.53. The summed E-state index contributed by atoms with van der Waals surface area (Å²) in [5.74, 6) is -0.0431. The quantitative estimate of drug-likeness (QED) is 0.789. The molecule has 0 saturated heterocycles. The van der Waals surface area contributed by atoms with Gasteiger partial charge in [0.25, 0.3) is 0 Å². The summed E-state index contributed by atoms with van der Waals surface area (Å²) in [5.41, 5.74) is 1.81. The lowest BCUT2D eigenvalue weighted by Crippen LogP contribution is -2.28. The van der Waals surface area contributed by atoms with Gasteiger partial charge in [-0.2, -0.15) is 0 Å². The second-order valence-corrected chi connectivity index (χ2v) is 4.04. The molecule has 0 aliphatic rings. The number of carbonyl (C=O) groups excluding carboxylic acids is 1. The first kappa shape index (κ1) is 13.7. The van der Waals surface area contributed by atoms with Crippen LogP contribution in [0.3, 0.4) is 0 Å². The van der Waals surface area contributed by atoms with Crippen LogP contribution < -0.4 is 10.6 Å². The van der Waals surface area contributed by atoms with Crippen molar-refractivity contribution >= 4 is 11.6 Å². The minimum atomic E-state index is -0.0596. The molecule has 0 aromatic heterocycles. The van der Waals surface area contributed by atoms with Gasteiger partial charge in [-0.25, -0.2) is 0 Å². The number of ether oxygens (including phenoxy) is 1. The first-order valence-corrected chi connectivity index (χ1v) is 5.71. The van der Waals surface area contributed by atoms with E-state index in [4.69, 9.17) is 4.74 Å². The van der Waals surface area contributed by atoms with Crippen molar-refractivity contribution in [1.82, 2.24) is 5.32 Å². The third kappa shape index (κ3) is 4.17. The maximum absolute atomic E-state index is 11.9. The second kappa shape index (κ2) is 7.04. The van der Waals surface area contributed by atoms with Crippen LogP contribution in [0.2, 0.25) is 0 Å². The number of benzene rings is 1. The van der Waals surface area contributed by atoms with Gasteiger partial charge in [-0.15, -0.1) is 0 Å². The van der Waals surface area contributed by atoms with Crippen molar-refractivity contribution in [3.63, 3.8) is 0 Å². The lowest BCUT2D eigenvalue weighted by atomic mass is 10.1. The molecule has 0 saturated carbocycles. The number of methoxy groups -OCH3 is 1. The van der Waals surface area contributed by atoms with Gasteiger partial charge < -0.3 is 15.4 Å². The van der Waals surface area contributed by atoms with Crippen molar-refractivity contribution in [2.75, 3.05) is 26.0 Å². The fraction of sp³-hybridized carbons (Fsp3) is 0.462. The van der Waals surface area contributed by atoms with E-state index < -0.39 is 0 Å². The van der Waals surface area contributed by atoms with E-state index in [2.05, 4.69) is 10.6 Å². The number of amides is 1. The normalized spacial score (nSPS) is 12.2. The standard InChI is InChI=1S/C13H20N2O2/c1-10(8-14-2)13(16)15-12-7-5-4-6-11(12)9-17-3/h4-7,10,14H,8-9H2,1-3H3,(H,15,16). The van der Waals surface area contributed by atoms with Crippen molar-refractivity contribution in [3.8, 4) is 0 Å². The Balaban J connectivity index is 2.70. The Labute approximate surface area is 102 Å². The fourth-order valence-electron chi connectivity index (χ4n) is 1.58. The zero-order chi connectivity index (χ0) is 12.7. The van der Waals surface area contributed by atoms with E-state index in [1.807, 2.05) is 38.2 Å². The summed E-state index contributed by atoms with van der Waals surface area (Å²) in [6.45, 7) is 3.06. The molecule has 1 aromatic carbocycles. The zero-order valence-corrected chi connectivity index (χ0v) is 10.6. The maximum Gasteiger partial charge on any atom is 0.228 e. The average molecular weight is 236 g/mol. The van der Waals surface area contributed by atoms with Crippen molar-refractivity contribution in [1.29, 1.82) is 0 Å². The fourth-order valence-corrected chi connectivity index (χ4v) is 1.58. The average Bonchev–Trinajstić information content (AvgIpc) is 2.32. The minimum absolute atomic E-state index is 0.0166. The van der Waals surface area contributed by atoms with Crippen LogP contribution in [0, 0.1) is 5.92 Å². The Morgan fingerprint density at radius 1 is 1.41 bits per heavy atom. The molecule has 4 nitrogen and oxygen atoms in total. The van der Waals surface area contributed by atoms with Gasteiger partial charge in [0.2, 0.25) is 5.91 Å². The predicted molar refractivity (Wildman–Crippen MR) is 68.9 cm³/mol. The smallest absolute Gasteiger partial charge is 0.228 e. The molecule has 94 valence electrons. The van der Waals surface area contributed by atoms with Crippen LogP contribution in [-0.4, -0.2) is 26.6 Å². The Bertz CT molecular complexity index is 366. The van der Waals surface area contributed by atoms with E-state index in [-0.39, 0.29) is 11.8 Å². The highest BCUT2D eigenvalue weighted by Crippen LogP contribution is 2.16. The van der Waals surface area contributed by atoms with E-state index in [0.717, 1.165) is 11.3 Å². The van der Waals surface area contributed by atoms with E-state index in [0.29, 0.717) is 13.2 Å². The molecule has 0 bridgehead atoms. The predicted octanol–water partition coefficient (Wildman–Crippen LogP) is 1.63. The molecule has 4 heteroatoms. The summed E-state index contributed by atoms with van der Waals surface area (Å²) in [5, 5.41) is 5.91. The molecule has 17 heavy (non-hydrogen) atoms. The Kier molecular flexibility index (Phi) is 5.66. The maximum atomic E-state index is 11.9. The number of hydrogen-bond donors (Lipinski definition) is 2. The van der Waals surface area contributed by atoms with Crippen LogP contribution in [-0.2, 0) is 16.1 Å². The van der Waals surface area contributed by atoms with Crippen LogP contribution in [0.25, 0.3) is 0 Å². The number of para-hydroxylation sites is 1. The van der Waals surface area contributed by atoms with Gasteiger partial charge in [0, 0.05) is 30.8 Å². The molecule has 0 fully saturated rings. The van der Waals surface area contributed by atoms with Gasteiger partial charge in [-0.05, 0) is 13.1 Å². The summed E-state index contributed by atoms with van der Waals surface area (Å²) in [6, 6.07) is 7.67. The van der Waals surface area contributed by atoms with E-state index in [1.165, 1.54) is 0 Å². The first-order chi connectivity index (χ1) is 8.19. The molecule has 0 aliphatic carbocycles. The minimum Gasteiger partial charge on any atom is -0.380 e. The van der Waals surface area contributed by atoms with Crippen LogP contribution in [0.15, 0.2) is 24.3 Å². The van der Waals surface area contributed by atoms with Crippen molar-refractivity contribution in [2.45, 2.75) is 13.5 Å². The Morgan fingerprint density at radius 2 is 2.12 bits per heavy atom. The molecule has 1 rings (SSSR count). The molecule has 1 amide bonds. The SMILES string of the molecule is CNCC(C)C(=O)Nc1ccccc1COC. The highest BCUT2D eigenvalue weighted by molar-refractivity contribution is 5.93. The van der Waals surface area contributed by atoms with Crippen LogP contribution in [0.1, 0.15) is 12.5 Å². The summed E-state index contributed by atoms with van der Waals surface area (Å²) in [6.07, 6.45) is 0. The van der Waals surface area contributed by atoms with Crippen molar-refractivity contribution in [3.05, 3.63) is 29.8 Å². The monoisotopic (exact) mass is 236 g/mol. The lowest BCUT2D eigenvalue weighted by Gasteiger charge is -2.14. The summed E-state index contributed by atoms with van der Waals surface area (Å²) < 4.78 is 5.09. The van der Waals surface area contributed by atoms with Gasteiger partial charge in [-0.3, -0.25) is 4.79 Å². The molecular formula is C13H20N2O2. The summed E-state index contributed by atoms with van der Waals surface area (Å²) >= 11 is 0. The van der Waals surface area contributed by atoms with Crippen molar-refractivity contribution < 1.29 is 9.53 Å². The van der Waals surface area contributed by atoms with Crippen LogP contribution >= 0.6 is 0 Å². The van der Waals surface area contributed by atoms with Crippen LogP contribution in [0.4, 0.5) is 5.69 Å². The van der Waals surface area contributed by atoms with E-state index in [1.54, 1.807) is 7.11 Å². The molecule has 0 spiro atoms. The third-order valence-electron chi connectivity index (χ3n) is 2.53. The van der Waals surface area contributed by atoms with Gasteiger partial charge in [-0.1, -0.05) is 25.1 Å². The van der Waals surface area contributed by atoms with Crippen LogP contribution in [0.5, 0.6) is 0 Å². The lowest BCUT2D eigenvalue weighted by molar-refractivity contribution is -0.119. The highest BCUT2D eigenvalue weighted by atomic mass is 16.5. The van der Waals surface area contributed by atoms with Gasteiger partial charge in [0.05, 0.1) is 6.61 Å². The molecule has 0 aliphatic heterocycles. The summed E-state index contributed by atoms with van der Waals surface area (Å²) in [7, 11) is 3.48. The number of hydrogen-bond acceptors (Lipinski definition) is 3. The molecule has 1 atom stereocenters. The van der Waals surface area contributed by atoms with Gasteiger partial charge >= 0.3 is 0 Å². The zero-order valence-electron chi connectivity index (χ0n) is 10.6. The van der Waals surface area contributed by atoms with Crippen molar-refractivity contribution in [2.24, 2.45) is 5.92 Å². The molecule has 1 unspecified atom stereocenters. The number of anilines is 1. The van der Waals surface area contributed by atoms with E-state index in [9.17, 15) is 4.79 Å². The second-order valence-electron chi connectivity index (χ2n) is 4.04. The molecular weight excluding hydrogens is 216 g/mol. The number of nitrogens with one attached hydrogen (secondary N) is 2. The highest BCUT2D eigenvalue weighted by Gasteiger charge is 2.13.